The minimum Gasteiger partial charge on any atom is -0.489 e. The van der Waals surface area contributed by atoms with E-state index in [0.717, 1.165) is 22.4 Å². The van der Waals surface area contributed by atoms with Gasteiger partial charge < -0.3 is 10.1 Å². The van der Waals surface area contributed by atoms with E-state index in [0.29, 0.717) is 34.5 Å². The molecule has 5 aromatic rings. The first kappa shape index (κ1) is 22.5. The number of ether oxygens (including phenoxy) is 1. The SMILES string of the molecule is Cc1nc(-n2cc(-c3ccc(OCc4ccccc4)cc3)nn2)sc1C(=O)NCc1ccccc1. The average molecular weight is 482 g/mol. The van der Waals surface area contributed by atoms with Crippen LogP contribution in [0.25, 0.3) is 16.4 Å². The molecule has 0 radical (unpaired) electrons. The zero-order chi connectivity index (χ0) is 24.0. The molecule has 0 aliphatic rings. The number of hydrogen-bond donors (Lipinski definition) is 1. The predicted octanol–water partition coefficient (Wildman–Crippen LogP) is 5.21. The largest absolute Gasteiger partial charge is 0.489 e. The molecule has 0 saturated carbocycles. The van der Waals surface area contributed by atoms with Crippen LogP contribution in [-0.4, -0.2) is 25.9 Å². The van der Waals surface area contributed by atoms with Gasteiger partial charge in [-0.15, -0.1) is 5.10 Å². The normalized spacial score (nSPS) is 10.8. The first-order valence-corrected chi connectivity index (χ1v) is 12.0. The van der Waals surface area contributed by atoms with Crippen molar-refractivity contribution >= 4 is 17.2 Å². The number of carbonyl (C=O) groups is 1. The minimum absolute atomic E-state index is 0.151. The highest BCUT2D eigenvalue weighted by Gasteiger charge is 2.17. The Morgan fingerprint density at radius 3 is 2.34 bits per heavy atom. The highest BCUT2D eigenvalue weighted by Crippen LogP contribution is 2.25. The summed E-state index contributed by atoms with van der Waals surface area (Å²) in [5.41, 5.74) is 4.44. The van der Waals surface area contributed by atoms with E-state index in [-0.39, 0.29) is 5.91 Å². The van der Waals surface area contributed by atoms with E-state index in [4.69, 9.17) is 4.74 Å². The second kappa shape index (κ2) is 10.3. The Bertz CT molecular complexity index is 1410. The van der Waals surface area contributed by atoms with Crippen LogP contribution in [-0.2, 0) is 13.2 Å². The van der Waals surface area contributed by atoms with Crippen molar-refractivity contribution in [3.8, 4) is 22.1 Å². The van der Waals surface area contributed by atoms with E-state index in [1.807, 2.05) is 98.0 Å². The van der Waals surface area contributed by atoms with Crippen molar-refractivity contribution in [2.45, 2.75) is 20.1 Å². The first-order valence-electron chi connectivity index (χ1n) is 11.1. The summed E-state index contributed by atoms with van der Waals surface area (Å²) in [6, 6.07) is 27.6. The van der Waals surface area contributed by atoms with Crippen LogP contribution < -0.4 is 10.1 Å². The molecule has 8 heteroatoms. The highest BCUT2D eigenvalue weighted by molar-refractivity contribution is 7.16. The molecule has 0 saturated heterocycles. The molecule has 3 aromatic carbocycles. The second-order valence-corrected chi connectivity index (χ2v) is 8.90. The first-order chi connectivity index (χ1) is 17.2. The third-order valence-electron chi connectivity index (χ3n) is 5.38. The van der Waals surface area contributed by atoms with E-state index in [1.54, 1.807) is 4.68 Å². The lowest BCUT2D eigenvalue weighted by Gasteiger charge is -2.06. The Balaban J connectivity index is 1.24. The molecule has 5 rings (SSSR count). The van der Waals surface area contributed by atoms with Gasteiger partial charge in [-0.05, 0) is 42.3 Å². The number of benzene rings is 3. The number of rotatable bonds is 8. The standard InChI is InChI=1S/C27H23N5O2S/c1-19-25(26(33)28-16-20-8-4-2-5-9-20)35-27(29-19)32-17-24(30-31-32)22-12-14-23(15-13-22)34-18-21-10-6-3-7-11-21/h2-15,17H,16,18H2,1H3,(H,28,33). The van der Waals surface area contributed by atoms with Crippen LogP contribution in [0.3, 0.4) is 0 Å². The van der Waals surface area contributed by atoms with Gasteiger partial charge in [0.15, 0.2) is 0 Å². The Labute approximate surface area is 207 Å². The Hall–Kier alpha value is -4.30. The molecule has 1 amide bonds. The minimum atomic E-state index is -0.151. The number of carbonyl (C=O) groups excluding carboxylic acids is 1. The molecule has 0 spiro atoms. The third kappa shape index (κ3) is 5.44. The van der Waals surface area contributed by atoms with E-state index in [9.17, 15) is 4.79 Å². The Morgan fingerprint density at radius 1 is 0.943 bits per heavy atom. The van der Waals surface area contributed by atoms with Crippen molar-refractivity contribution in [3.05, 3.63) is 113 Å². The topological polar surface area (TPSA) is 81.9 Å². The van der Waals surface area contributed by atoms with Crippen LogP contribution in [0.5, 0.6) is 5.75 Å². The van der Waals surface area contributed by atoms with Crippen molar-refractivity contribution in [2.24, 2.45) is 0 Å². The van der Waals surface area contributed by atoms with Crippen molar-refractivity contribution < 1.29 is 9.53 Å². The van der Waals surface area contributed by atoms with Crippen molar-refractivity contribution in [1.29, 1.82) is 0 Å². The molecule has 7 nitrogen and oxygen atoms in total. The molecule has 0 aliphatic heterocycles. The molecule has 0 unspecified atom stereocenters. The molecule has 174 valence electrons. The zero-order valence-electron chi connectivity index (χ0n) is 19.1. The summed E-state index contributed by atoms with van der Waals surface area (Å²) in [5.74, 6) is 0.633. The molecule has 0 bridgehead atoms. The summed E-state index contributed by atoms with van der Waals surface area (Å²) in [5, 5.41) is 12.0. The van der Waals surface area contributed by atoms with Crippen molar-refractivity contribution in [1.82, 2.24) is 25.3 Å². The van der Waals surface area contributed by atoms with Crippen LogP contribution in [0, 0.1) is 6.92 Å². The summed E-state index contributed by atoms with van der Waals surface area (Å²) < 4.78 is 7.45. The Morgan fingerprint density at radius 2 is 1.63 bits per heavy atom. The van der Waals surface area contributed by atoms with Gasteiger partial charge in [0, 0.05) is 12.1 Å². The van der Waals surface area contributed by atoms with E-state index in [1.165, 1.54) is 11.3 Å². The molecular weight excluding hydrogens is 458 g/mol. The lowest BCUT2D eigenvalue weighted by Crippen LogP contribution is -2.22. The van der Waals surface area contributed by atoms with Gasteiger partial charge in [0.05, 0.1) is 11.9 Å². The maximum absolute atomic E-state index is 12.7. The highest BCUT2D eigenvalue weighted by atomic mass is 32.1. The number of aryl methyl sites for hydroxylation is 1. The lowest BCUT2D eigenvalue weighted by atomic mass is 10.1. The maximum atomic E-state index is 12.7. The molecular formula is C27H23N5O2S. The fraction of sp³-hybridized carbons (Fsp3) is 0.111. The van der Waals surface area contributed by atoms with Gasteiger partial charge >= 0.3 is 0 Å². The molecule has 0 atom stereocenters. The van der Waals surface area contributed by atoms with Gasteiger partial charge in [0.1, 0.15) is 22.9 Å². The third-order valence-corrected chi connectivity index (χ3v) is 6.52. The van der Waals surface area contributed by atoms with Crippen molar-refractivity contribution in [2.75, 3.05) is 0 Å². The van der Waals surface area contributed by atoms with Crippen LogP contribution in [0.15, 0.2) is 91.1 Å². The zero-order valence-corrected chi connectivity index (χ0v) is 19.9. The fourth-order valence-electron chi connectivity index (χ4n) is 3.50. The average Bonchev–Trinajstić information content (AvgIpc) is 3.55. The summed E-state index contributed by atoms with van der Waals surface area (Å²) in [4.78, 5) is 17.8. The maximum Gasteiger partial charge on any atom is 0.263 e. The summed E-state index contributed by atoms with van der Waals surface area (Å²) in [6.45, 7) is 2.80. The van der Waals surface area contributed by atoms with Crippen LogP contribution in [0.1, 0.15) is 26.5 Å². The van der Waals surface area contributed by atoms with Gasteiger partial charge in [-0.1, -0.05) is 77.2 Å². The van der Waals surface area contributed by atoms with Crippen LogP contribution in [0.2, 0.25) is 0 Å². The van der Waals surface area contributed by atoms with Gasteiger partial charge in [-0.2, -0.15) is 4.68 Å². The number of amides is 1. The molecule has 1 N–H and O–H groups in total. The van der Waals surface area contributed by atoms with Crippen molar-refractivity contribution in [3.63, 3.8) is 0 Å². The molecule has 2 heterocycles. The fourth-order valence-corrected chi connectivity index (χ4v) is 4.41. The number of hydrogen-bond acceptors (Lipinski definition) is 6. The molecule has 35 heavy (non-hydrogen) atoms. The van der Waals surface area contributed by atoms with E-state index >= 15 is 0 Å². The molecule has 0 aliphatic carbocycles. The van der Waals surface area contributed by atoms with Gasteiger partial charge in [-0.25, -0.2) is 4.98 Å². The number of aromatic nitrogens is 4. The quantitative estimate of drug-likeness (QED) is 0.329. The summed E-state index contributed by atoms with van der Waals surface area (Å²) in [7, 11) is 0. The molecule has 2 aromatic heterocycles. The van der Waals surface area contributed by atoms with E-state index < -0.39 is 0 Å². The van der Waals surface area contributed by atoms with Crippen LogP contribution in [0.4, 0.5) is 0 Å². The van der Waals surface area contributed by atoms with Gasteiger partial charge in [0.25, 0.3) is 5.91 Å². The van der Waals surface area contributed by atoms with Gasteiger partial charge in [-0.3, -0.25) is 4.79 Å². The molecule has 0 fully saturated rings. The summed E-state index contributed by atoms with van der Waals surface area (Å²) >= 11 is 1.29. The number of nitrogens with one attached hydrogen (secondary N) is 1. The van der Waals surface area contributed by atoms with E-state index in [2.05, 4.69) is 20.6 Å². The smallest absolute Gasteiger partial charge is 0.263 e. The van der Waals surface area contributed by atoms with Gasteiger partial charge in [0.2, 0.25) is 5.13 Å². The monoisotopic (exact) mass is 481 g/mol. The lowest BCUT2D eigenvalue weighted by molar-refractivity contribution is 0.0954. The number of nitrogens with zero attached hydrogens (tertiary/aromatic N) is 4. The number of thiazole rings is 1. The van der Waals surface area contributed by atoms with Crippen LogP contribution >= 0.6 is 11.3 Å². The predicted molar refractivity (Wildman–Crippen MR) is 136 cm³/mol. The second-order valence-electron chi connectivity index (χ2n) is 7.93. The summed E-state index contributed by atoms with van der Waals surface area (Å²) in [6.07, 6.45) is 1.81. The Kier molecular flexibility index (Phi) is 6.63.